The summed E-state index contributed by atoms with van der Waals surface area (Å²) >= 11 is 0. The fourth-order valence-electron chi connectivity index (χ4n) is 3.46. The van der Waals surface area contributed by atoms with Crippen molar-refractivity contribution in [1.82, 2.24) is 14.9 Å². The molecule has 0 radical (unpaired) electrons. The Balaban J connectivity index is 1.74. The highest BCUT2D eigenvalue weighted by Crippen LogP contribution is 2.22. The van der Waals surface area contributed by atoms with Gasteiger partial charge in [-0.25, -0.2) is 18.4 Å². The number of hydrogen-bond donors (Lipinski definition) is 0. The predicted molar refractivity (Wildman–Crippen MR) is 91.8 cm³/mol. The number of rotatable bonds is 3. The maximum absolute atomic E-state index is 12.7. The summed E-state index contributed by atoms with van der Waals surface area (Å²) in [6, 6.07) is 1.45. The maximum atomic E-state index is 12.7. The van der Waals surface area contributed by atoms with E-state index < -0.39 is 9.84 Å². The van der Waals surface area contributed by atoms with E-state index in [9.17, 15) is 13.2 Å². The number of amides is 1. The summed E-state index contributed by atoms with van der Waals surface area (Å²) in [5, 5.41) is 0. The van der Waals surface area contributed by atoms with Gasteiger partial charge in [-0.05, 0) is 25.2 Å². The summed E-state index contributed by atoms with van der Waals surface area (Å²) in [5.41, 5.74) is 0.324. The highest BCUT2D eigenvalue weighted by atomic mass is 32.2. The second-order valence-electron chi connectivity index (χ2n) is 6.93. The van der Waals surface area contributed by atoms with Crippen molar-refractivity contribution < 1.29 is 13.2 Å². The van der Waals surface area contributed by atoms with E-state index in [1.165, 1.54) is 17.6 Å². The van der Waals surface area contributed by atoms with Gasteiger partial charge in [-0.2, -0.15) is 0 Å². The molecule has 0 aliphatic carbocycles. The summed E-state index contributed by atoms with van der Waals surface area (Å²) in [7, 11) is -1.37. The molecule has 2 saturated heterocycles. The van der Waals surface area contributed by atoms with Gasteiger partial charge in [-0.1, -0.05) is 6.92 Å². The molecular weight excluding hydrogens is 328 g/mol. The van der Waals surface area contributed by atoms with E-state index in [2.05, 4.69) is 21.8 Å². The quantitative estimate of drug-likeness (QED) is 0.806. The number of carbonyl (C=O) groups excluding carboxylic acids is 1. The van der Waals surface area contributed by atoms with Crippen LogP contribution < -0.4 is 4.90 Å². The van der Waals surface area contributed by atoms with Gasteiger partial charge in [0.25, 0.3) is 5.91 Å². The molecule has 0 spiro atoms. The van der Waals surface area contributed by atoms with Gasteiger partial charge in [-0.15, -0.1) is 0 Å². The number of piperidine rings is 1. The van der Waals surface area contributed by atoms with E-state index in [4.69, 9.17) is 0 Å². The molecule has 2 aliphatic heterocycles. The Morgan fingerprint density at radius 3 is 2.79 bits per heavy atom. The van der Waals surface area contributed by atoms with Gasteiger partial charge in [0.2, 0.25) is 0 Å². The van der Waals surface area contributed by atoms with Crippen LogP contribution in [0.2, 0.25) is 0 Å². The molecule has 2 aliphatic rings. The summed E-state index contributed by atoms with van der Waals surface area (Å²) in [4.78, 5) is 24.8. The van der Waals surface area contributed by atoms with E-state index in [0.29, 0.717) is 18.0 Å². The normalized spacial score (nSPS) is 26.3. The van der Waals surface area contributed by atoms with E-state index in [1.807, 2.05) is 0 Å². The van der Waals surface area contributed by atoms with E-state index >= 15 is 0 Å². The predicted octanol–water partition coefficient (Wildman–Crippen LogP) is 0.972. The molecule has 0 aromatic carbocycles. The van der Waals surface area contributed by atoms with Gasteiger partial charge in [0.1, 0.15) is 17.8 Å². The first-order valence-corrected chi connectivity index (χ1v) is 10.2. The summed E-state index contributed by atoms with van der Waals surface area (Å²) < 4.78 is 23.3. The van der Waals surface area contributed by atoms with E-state index in [0.717, 1.165) is 25.3 Å². The van der Waals surface area contributed by atoms with Gasteiger partial charge in [-0.3, -0.25) is 4.79 Å². The fraction of sp³-hybridized carbons (Fsp3) is 0.688. The lowest BCUT2D eigenvalue weighted by molar-refractivity contribution is 0.0741. The lowest BCUT2D eigenvalue weighted by atomic mass is 10.0. The molecule has 0 saturated carbocycles. The molecule has 0 N–H and O–H groups in total. The zero-order valence-electron chi connectivity index (χ0n) is 14.2. The van der Waals surface area contributed by atoms with Gasteiger partial charge in [0.05, 0.1) is 11.5 Å². The fourth-order valence-corrected chi connectivity index (χ4v) is 5.24. The first-order valence-electron chi connectivity index (χ1n) is 8.40. The third-order valence-electron chi connectivity index (χ3n) is 4.93. The van der Waals surface area contributed by atoms with Crippen molar-refractivity contribution >= 4 is 21.6 Å². The topological polar surface area (TPSA) is 83.5 Å². The lowest BCUT2D eigenvalue weighted by Crippen LogP contribution is -2.39. The van der Waals surface area contributed by atoms with Crippen molar-refractivity contribution in [2.24, 2.45) is 5.92 Å². The summed E-state index contributed by atoms with van der Waals surface area (Å²) in [6.07, 6.45) is 4.24. The lowest BCUT2D eigenvalue weighted by Gasteiger charge is -2.32. The molecule has 1 aromatic rings. The molecule has 0 bridgehead atoms. The van der Waals surface area contributed by atoms with Gasteiger partial charge in [0, 0.05) is 32.2 Å². The van der Waals surface area contributed by atoms with Crippen molar-refractivity contribution in [3.63, 3.8) is 0 Å². The van der Waals surface area contributed by atoms with Crippen LogP contribution in [-0.2, 0) is 9.84 Å². The number of aromatic nitrogens is 2. The van der Waals surface area contributed by atoms with Crippen LogP contribution in [0.5, 0.6) is 0 Å². The highest BCUT2D eigenvalue weighted by Gasteiger charge is 2.33. The van der Waals surface area contributed by atoms with Gasteiger partial charge in [0.15, 0.2) is 9.84 Å². The average molecular weight is 352 g/mol. The highest BCUT2D eigenvalue weighted by molar-refractivity contribution is 7.91. The van der Waals surface area contributed by atoms with E-state index in [-0.39, 0.29) is 23.5 Å². The molecule has 3 rings (SSSR count). The smallest absolute Gasteiger partial charge is 0.272 e. The number of sulfone groups is 1. The van der Waals surface area contributed by atoms with Crippen molar-refractivity contribution in [3.8, 4) is 0 Å². The number of nitrogens with zero attached hydrogens (tertiary/aromatic N) is 4. The third-order valence-corrected chi connectivity index (χ3v) is 6.68. The molecule has 132 valence electrons. The number of hydrogen-bond acceptors (Lipinski definition) is 6. The molecule has 2 unspecified atom stereocenters. The number of anilines is 1. The Bertz CT molecular complexity index is 722. The van der Waals surface area contributed by atoms with E-state index in [1.54, 1.807) is 13.1 Å². The van der Waals surface area contributed by atoms with Crippen LogP contribution in [0, 0.1) is 5.92 Å². The molecule has 2 atom stereocenters. The Hall–Kier alpha value is -1.70. The zero-order valence-corrected chi connectivity index (χ0v) is 15.0. The number of carbonyl (C=O) groups is 1. The third kappa shape index (κ3) is 3.68. The minimum Gasteiger partial charge on any atom is -0.356 e. The Kier molecular flexibility index (Phi) is 4.76. The van der Waals surface area contributed by atoms with Crippen molar-refractivity contribution in [2.75, 3.05) is 36.5 Å². The molecular formula is C16H24N4O3S. The first kappa shape index (κ1) is 17.1. The van der Waals surface area contributed by atoms with Crippen LogP contribution >= 0.6 is 0 Å². The minimum atomic E-state index is -3.02. The van der Waals surface area contributed by atoms with Crippen LogP contribution in [0.4, 0.5) is 5.82 Å². The van der Waals surface area contributed by atoms with Crippen molar-refractivity contribution in [3.05, 3.63) is 18.1 Å². The summed E-state index contributed by atoms with van der Waals surface area (Å²) in [5.74, 6) is 1.32. The molecule has 8 heteroatoms. The molecule has 1 aromatic heterocycles. The van der Waals surface area contributed by atoms with Gasteiger partial charge < -0.3 is 9.80 Å². The Morgan fingerprint density at radius 2 is 2.12 bits per heavy atom. The molecule has 2 fully saturated rings. The Morgan fingerprint density at radius 1 is 1.33 bits per heavy atom. The molecule has 3 heterocycles. The maximum Gasteiger partial charge on any atom is 0.272 e. The standard InChI is InChI=1S/C16H24N4O3S/c1-12-4-3-6-20(9-12)15-8-14(17-11-18-15)16(21)19(2)13-5-7-24(22,23)10-13/h8,11-13H,3-7,9-10H2,1-2H3. The second-order valence-corrected chi connectivity index (χ2v) is 9.16. The van der Waals surface area contributed by atoms with Crippen LogP contribution in [0.1, 0.15) is 36.7 Å². The monoisotopic (exact) mass is 352 g/mol. The largest absolute Gasteiger partial charge is 0.356 e. The van der Waals surface area contributed by atoms with Crippen LogP contribution in [0.3, 0.4) is 0 Å². The molecule has 7 nitrogen and oxygen atoms in total. The first-order chi connectivity index (χ1) is 11.4. The zero-order chi connectivity index (χ0) is 17.3. The van der Waals surface area contributed by atoms with Crippen molar-refractivity contribution in [1.29, 1.82) is 0 Å². The minimum absolute atomic E-state index is 0.0385. The summed E-state index contributed by atoms with van der Waals surface area (Å²) in [6.45, 7) is 4.08. The SMILES string of the molecule is CC1CCCN(c2cc(C(=O)N(C)C3CCS(=O)(=O)C3)ncn2)C1. The van der Waals surface area contributed by atoms with Gasteiger partial charge >= 0.3 is 0 Å². The van der Waals surface area contributed by atoms with Crippen LogP contribution in [-0.4, -0.2) is 66.9 Å². The molecule has 1 amide bonds. The Labute approximate surface area is 143 Å². The van der Waals surface area contributed by atoms with Crippen LogP contribution in [0.15, 0.2) is 12.4 Å². The molecule has 24 heavy (non-hydrogen) atoms. The average Bonchev–Trinajstić information content (AvgIpc) is 2.93. The van der Waals surface area contributed by atoms with Crippen molar-refractivity contribution in [2.45, 2.75) is 32.2 Å². The second kappa shape index (κ2) is 6.66. The van der Waals surface area contributed by atoms with Crippen LogP contribution in [0.25, 0.3) is 0 Å².